The number of carbonyl (C=O) groups excluding carboxylic acids is 1. The molecule has 98 valence electrons. The number of carboxylic acid groups (broad SMARTS) is 1. The minimum absolute atomic E-state index is 0.0581. The van der Waals surface area contributed by atoms with E-state index in [2.05, 4.69) is 5.32 Å². The Morgan fingerprint density at radius 1 is 1.50 bits per heavy atom. The van der Waals surface area contributed by atoms with Gasteiger partial charge in [0, 0.05) is 6.54 Å². The summed E-state index contributed by atoms with van der Waals surface area (Å²) < 4.78 is 5.34. The number of rotatable bonds is 5. The standard InChI is InChI=1S/C12H14ClNO4/c1-3-14-11(15)7(2)18-8-4-5-10(13)9(6-8)12(16)17/h4-7H,3H2,1-2H3,(H,14,15)(H,16,17). The smallest absolute Gasteiger partial charge is 0.337 e. The van der Waals surface area contributed by atoms with Crippen molar-refractivity contribution in [3.05, 3.63) is 28.8 Å². The summed E-state index contributed by atoms with van der Waals surface area (Å²) in [5, 5.41) is 11.6. The van der Waals surface area contributed by atoms with Gasteiger partial charge in [-0.05, 0) is 32.0 Å². The lowest BCUT2D eigenvalue weighted by Crippen LogP contribution is -2.36. The number of hydrogen-bond acceptors (Lipinski definition) is 3. The second-order valence-electron chi connectivity index (χ2n) is 3.60. The van der Waals surface area contributed by atoms with Gasteiger partial charge in [-0.25, -0.2) is 4.79 Å². The molecule has 18 heavy (non-hydrogen) atoms. The average Bonchev–Trinajstić information content (AvgIpc) is 2.31. The molecule has 2 N–H and O–H groups in total. The monoisotopic (exact) mass is 271 g/mol. The maximum absolute atomic E-state index is 11.5. The van der Waals surface area contributed by atoms with E-state index >= 15 is 0 Å². The van der Waals surface area contributed by atoms with Crippen LogP contribution < -0.4 is 10.1 Å². The number of benzene rings is 1. The van der Waals surface area contributed by atoms with Crippen LogP contribution in [0.25, 0.3) is 0 Å². The number of ether oxygens (including phenoxy) is 1. The van der Waals surface area contributed by atoms with Crippen LogP contribution in [0.1, 0.15) is 24.2 Å². The number of nitrogens with one attached hydrogen (secondary N) is 1. The fourth-order valence-electron chi connectivity index (χ4n) is 1.32. The minimum atomic E-state index is -1.14. The number of hydrogen-bond donors (Lipinski definition) is 2. The van der Waals surface area contributed by atoms with Crippen LogP contribution in [0.15, 0.2) is 18.2 Å². The highest BCUT2D eigenvalue weighted by Crippen LogP contribution is 2.22. The van der Waals surface area contributed by atoms with Gasteiger partial charge < -0.3 is 15.2 Å². The molecule has 5 nitrogen and oxygen atoms in total. The second kappa shape index (κ2) is 6.26. The summed E-state index contributed by atoms with van der Waals surface area (Å²) >= 11 is 5.72. The molecule has 1 rings (SSSR count). The summed E-state index contributed by atoms with van der Waals surface area (Å²) in [7, 11) is 0. The summed E-state index contributed by atoms with van der Waals surface area (Å²) in [6.07, 6.45) is -0.701. The fraction of sp³-hybridized carbons (Fsp3) is 0.333. The molecule has 1 atom stereocenters. The summed E-state index contributed by atoms with van der Waals surface area (Å²) in [5.74, 6) is -1.11. The summed E-state index contributed by atoms with van der Waals surface area (Å²) in [6.45, 7) is 3.89. The van der Waals surface area contributed by atoms with Crippen LogP contribution in [0.4, 0.5) is 0 Å². The lowest BCUT2D eigenvalue weighted by Gasteiger charge is -2.14. The average molecular weight is 272 g/mol. The first-order chi connectivity index (χ1) is 8.45. The molecule has 0 spiro atoms. The Morgan fingerprint density at radius 2 is 2.17 bits per heavy atom. The number of halogens is 1. The van der Waals surface area contributed by atoms with E-state index in [9.17, 15) is 9.59 Å². The van der Waals surface area contributed by atoms with Crippen molar-refractivity contribution in [2.24, 2.45) is 0 Å². The highest BCUT2D eigenvalue weighted by molar-refractivity contribution is 6.33. The van der Waals surface area contributed by atoms with Gasteiger partial charge in [0.2, 0.25) is 0 Å². The van der Waals surface area contributed by atoms with Crippen molar-refractivity contribution in [2.45, 2.75) is 20.0 Å². The summed E-state index contributed by atoms with van der Waals surface area (Å²) in [4.78, 5) is 22.3. The Hall–Kier alpha value is -1.75. The van der Waals surface area contributed by atoms with E-state index in [1.54, 1.807) is 13.8 Å². The molecule has 0 saturated carbocycles. The molecule has 6 heteroatoms. The van der Waals surface area contributed by atoms with E-state index in [0.717, 1.165) is 0 Å². The molecule has 0 bridgehead atoms. The predicted molar refractivity (Wildman–Crippen MR) is 67.2 cm³/mol. The van der Waals surface area contributed by atoms with Crippen molar-refractivity contribution in [2.75, 3.05) is 6.54 Å². The van der Waals surface area contributed by atoms with Crippen LogP contribution in [0.3, 0.4) is 0 Å². The van der Waals surface area contributed by atoms with Crippen LogP contribution in [0, 0.1) is 0 Å². The Bertz CT molecular complexity index is 461. The van der Waals surface area contributed by atoms with Gasteiger partial charge in [-0.3, -0.25) is 4.79 Å². The Balaban J connectivity index is 2.82. The van der Waals surface area contributed by atoms with Crippen LogP contribution in [0.2, 0.25) is 5.02 Å². The van der Waals surface area contributed by atoms with Crippen LogP contribution in [-0.4, -0.2) is 29.6 Å². The van der Waals surface area contributed by atoms with Gasteiger partial charge in [-0.15, -0.1) is 0 Å². The molecule has 0 heterocycles. The SMILES string of the molecule is CCNC(=O)C(C)Oc1ccc(Cl)c(C(=O)O)c1. The zero-order chi connectivity index (χ0) is 13.7. The third-order valence-corrected chi connectivity index (χ3v) is 2.53. The summed E-state index contributed by atoms with van der Waals surface area (Å²) in [5.41, 5.74) is -0.0581. The lowest BCUT2D eigenvalue weighted by molar-refractivity contribution is -0.127. The van der Waals surface area contributed by atoms with Crippen LogP contribution in [0.5, 0.6) is 5.75 Å². The highest BCUT2D eigenvalue weighted by Gasteiger charge is 2.15. The molecule has 1 unspecified atom stereocenters. The Labute approximate surface area is 110 Å². The van der Waals surface area contributed by atoms with Gasteiger partial charge in [-0.2, -0.15) is 0 Å². The molecule has 0 aliphatic rings. The van der Waals surface area contributed by atoms with Crippen molar-refractivity contribution in [3.63, 3.8) is 0 Å². The number of amides is 1. The molecular weight excluding hydrogens is 258 g/mol. The first-order valence-electron chi connectivity index (χ1n) is 5.43. The molecule has 1 aromatic rings. The van der Waals surface area contributed by atoms with E-state index < -0.39 is 12.1 Å². The third-order valence-electron chi connectivity index (χ3n) is 2.20. The minimum Gasteiger partial charge on any atom is -0.481 e. The van der Waals surface area contributed by atoms with Crippen molar-refractivity contribution < 1.29 is 19.4 Å². The molecule has 0 fully saturated rings. The molecular formula is C12H14ClNO4. The van der Waals surface area contributed by atoms with Gasteiger partial charge in [0.25, 0.3) is 5.91 Å². The van der Waals surface area contributed by atoms with Gasteiger partial charge in [0.15, 0.2) is 6.10 Å². The molecule has 0 aliphatic carbocycles. The van der Waals surface area contributed by atoms with Crippen molar-refractivity contribution in [1.29, 1.82) is 0 Å². The second-order valence-corrected chi connectivity index (χ2v) is 4.01. The van der Waals surface area contributed by atoms with E-state index in [-0.39, 0.29) is 22.2 Å². The quantitative estimate of drug-likeness (QED) is 0.858. The normalized spacial score (nSPS) is 11.7. The van der Waals surface area contributed by atoms with E-state index in [0.29, 0.717) is 6.54 Å². The number of carboxylic acids is 1. The predicted octanol–water partition coefficient (Wildman–Crippen LogP) is 1.94. The lowest BCUT2D eigenvalue weighted by atomic mass is 10.2. The van der Waals surface area contributed by atoms with Crippen molar-refractivity contribution >= 4 is 23.5 Å². The zero-order valence-electron chi connectivity index (χ0n) is 10.1. The number of carbonyl (C=O) groups is 2. The number of likely N-dealkylation sites (N-methyl/N-ethyl adjacent to an activating group) is 1. The van der Waals surface area contributed by atoms with Gasteiger partial charge in [0.1, 0.15) is 5.75 Å². The largest absolute Gasteiger partial charge is 0.481 e. The summed E-state index contributed by atoms with van der Waals surface area (Å²) in [6, 6.07) is 4.23. The van der Waals surface area contributed by atoms with Crippen molar-refractivity contribution in [1.82, 2.24) is 5.32 Å². The molecule has 1 aromatic carbocycles. The van der Waals surface area contributed by atoms with E-state index in [1.165, 1.54) is 18.2 Å². The molecule has 0 aliphatic heterocycles. The molecule has 0 radical (unpaired) electrons. The fourth-order valence-corrected chi connectivity index (χ4v) is 1.52. The van der Waals surface area contributed by atoms with Crippen LogP contribution in [-0.2, 0) is 4.79 Å². The zero-order valence-corrected chi connectivity index (χ0v) is 10.8. The maximum atomic E-state index is 11.5. The Morgan fingerprint density at radius 3 is 2.72 bits per heavy atom. The Kier molecular flexibility index (Phi) is 4.97. The molecule has 0 saturated heterocycles. The molecule has 0 aromatic heterocycles. The van der Waals surface area contributed by atoms with E-state index in [4.69, 9.17) is 21.4 Å². The maximum Gasteiger partial charge on any atom is 0.337 e. The van der Waals surface area contributed by atoms with Gasteiger partial charge in [-0.1, -0.05) is 11.6 Å². The van der Waals surface area contributed by atoms with Crippen LogP contribution >= 0.6 is 11.6 Å². The van der Waals surface area contributed by atoms with E-state index in [1.807, 2.05) is 0 Å². The van der Waals surface area contributed by atoms with Gasteiger partial charge >= 0.3 is 5.97 Å². The highest BCUT2D eigenvalue weighted by atomic mass is 35.5. The van der Waals surface area contributed by atoms with Crippen molar-refractivity contribution in [3.8, 4) is 5.75 Å². The molecule has 1 amide bonds. The van der Waals surface area contributed by atoms with Gasteiger partial charge in [0.05, 0.1) is 10.6 Å². The topological polar surface area (TPSA) is 75.6 Å². The number of aromatic carboxylic acids is 1. The first-order valence-corrected chi connectivity index (χ1v) is 5.80. The third kappa shape index (κ3) is 3.63. The first kappa shape index (κ1) is 14.3.